The van der Waals surface area contributed by atoms with Gasteiger partial charge in [-0.25, -0.2) is 0 Å². The first-order valence-corrected chi connectivity index (χ1v) is 9.65. The topological polar surface area (TPSA) is 67.9 Å². The van der Waals surface area contributed by atoms with Crippen LogP contribution in [0.4, 0.5) is 11.4 Å². The molecule has 2 aliphatic heterocycles. The molecule has 1 N–H and O–H groups in total. The first-order chi connectivity index (χ1) is 13.6. The molecular weight excluding hydrogens is 356 g/mol. The fraction of sp³-hybridized carbons (Fsp3) is 0.364. The highest BCUT2D eigenvalue weighted by atomic mass is 16.5. The second-order valence-electron chi connectivity index (χ2n) is 7.23. The van der Waals surface area contributed by atoms with E-state index in [2.05, 4.69) is 5.32 Å². The number of carbonyl (C=O) groups excluding carboxylic acids is 2. The zero-order valence-corrected chi connectivity index (χ0v) is 15.9. The number of ether oxygens (including phenoxy) is 2. The molecule has 2 aromatic rings. The lowest BCUT2D eigenvalue weighted by atomic mass is 10.1. The summed E-state index contributed by atoms with van der Waals surface area (Å²) in [6.07, 6.45) is 2.18. The maximum Gasteiger partial charge on any atom is 0.262 e. The average Bonchev–Trinajstić information content (AvgIpc) is 3.37. The minimum absolute atomic E-state index is 0.0161. The van der Waals surface area contributed by atoms with Gasteiger partial charge in [0.25, 0.3) is 11.8 Å². The molecule has 0 unspecified atom stereocenters. The van der Waals surface area contributed by atoms with Crippen LogP contribution >= 0.6 is 0 Å². The Labute approximate surface area is 164 Å². The highest BCUT2D eigenvalue weighted by Gasteiger charge is 2.32. The standard InChI is InChI=1S/C22H24N2O4/c1-15-4-8-18(9-5-15)28-14-21(25)23-17-7-6-16-10-11-24(19(16)13-17)22(26)20-3-2-12-27-20/h4-9,13,20H,2-3,10-12,14H2,1H3,(H,23,25)/t20-/m1/s1. The van der Waals surface area contributed by atoms with Crippen LogP contribution in [0.5, 0.6) is 5.75 Å². The average molecular weight is 380 g/mol. The highest BCUT2D eigenvalue weighted by Crippen LogP contribution is 2.32. The van der Waals surface area contributed by atoms with Gasteiger partial charge in [-0.1, -0.05) is 23.8 Å². The number of anilines is 2. The summed E-state index contributed by atoms with van der Waals surface area (Å²) >= 11 is 0. The van der Waals surface area contributed by atoms with Crippen molar-refractivity contribution in [3.8, 4) is 5.75 Å². The number of carbonyl (C=O) groups is 2. The van der Waals surface area contributed by atoms with Crippen molar-refractivity contribution in [2.75, 3.05) is 30.0 Å². The van der Waals surface area contributed by atoms with Gasteiger partial charge in [0, 0.05) is 24.5 Å². The van der Waals surface area contributed by atoms with Crippen LogP contribution in [0.1, 0.15) is 24.0 Å². The number of benzene rings is 2. The molecule has 0 radical (unpaired) electrons. The van der Waals surface area contributed by atoms with Crippen molar-refractivity contribution in [2.24, 2.45) is 0 Å². The van der Waals surface area contributed by atoms with E-state index in [9.17, 15) is 9.59 Å². The van der Waals surface area contributed by atoms with E-state index in [4.69, 9.17) is 9.47 Å². The van der Waals surface area contributed by atoms with Crippen LogP contribution in [-0.4, -0.2) is 37.7 Å². The van der Waals surface area contributed by atoms with Crippen LogP contribution < -0.4 is 15.0 Å². The fourth-order valence-electron chi connectivity index (χ4n) is 3.61. The monoisotopic (exact) mass is 380 g/mol. The van der Waals surface area contributed by atoms with Gasteiger partial charge in [0.2, 0.25) is 0 Å². The summed E-state index contributed by atoms with van der Waals surface area (Å²) in [5, 5.41) is 2.85. The van der Waals surface area contributed by atoms with E-state index < -0.39 is 0 Å². The van der Waals surface area contributed by atoms with Crippen molar-refractivity contribution in [3.05, 3.63) is 53.6 Å². The number of aryl methyl sites for hydroxylation is 1. The smallest absolute Gasteiger partial charge is 0.262 e. The van der Waals surface area contributed by atoms with E-state index >= 15 is 0 Å². The molecule has 6 heteroatoms. The number of hydrogen-bond donors (Lipinski definition) is 1. The number of nitrogens with one attached hydrogen (secondary N) is 1. The molecule has 0 bridgehead atoms. The molecule has 0 spiro atoms. The molecule has 1 saturated heterocycles. The van der Waals surface area contributed by atoms with Gasteiger partial charge in [0.15, 0.2) is 6.61 Å². The van der Waals surface area contributed by atoms with Gasteiger partial charge in [0.05, 0.1) is 0 Å². The van der Waals surface area contributed by atoms with Gasteiger partial charge >= 0.3 is 0 Å². The Hall–Kier alpha value is -2.86. The molecule has 2 aromatic carbocycles. The molecule has 2 aliphatic rings. The molecule has 0 saturated carbocycles. The second kappa shape index (κ2) is 8.02. The van der Waals surface area contributed by atoms with Gasteiger partial charge in [-0.2, -0.15) is 0 Å². The third kappa shape index (κ3) is 4.02. The summed E-state index contributed by atoms with van der Waals surface area (Å²) in [7, 11) is 0. The lowest BCUT2D eigenvalue weighted by Gasteiger charge is -2.21. The largest absolute Gasteiger partial charge is 0.484 e. The normalized spacial score (nSPS) is 18.0. The third-order valence-electron chi connectivity index (χ3n) is 5.13. The predicted octanol–water partition coefficient (Wildman–Crippen LogP) is 3.08. The Morgan fingerprint density at radius 1 is 1.21 bits per heavy atom. The molecular formula is C22H24N2O4. The molecule has 4 rings (SSSR count). The molecule has 2 amide bonds. The number of nitrogens with zero attached hydrogens (tertiary/aromatic N) is 1. The van der Waals surface area contributed by atoms with Gasteiger partial charge in [-0.05, 0) is 56.0 Å². The lowest BCUT2D eigenvalue weighted by Crippen LogP contribution is -2.37. The summed E-state index contributed by atoms with van der Waals surface area (Å²) in [5.74, 6) is 0.431. The molecule has 28 heavy (non-hydrogen) atoms. The zero-order valence-electron chi connectivity index (χ0n) is 15.9. The number of amides is 2. The minimum atomic E-state index is -0.341. The van der Waals surface area contributed by atoms with Gasteiger partial charge in [0.1, 0.15) is 11.9 Å². The predicted molar refractivity (Wildman–Crippen MR) is 107 cm³/mol. The second-order valence-corrected chi connectivity index (χ2v) is 7.23. The number of hydrogen-bond acceptors (Lipinski definition) is 4. The van der Waals surface area contributed by atoms with E-state index in [1.165, 1.54) is 0 Å². The lowest BCUT2D eigenvalue weighted by molar-refractivity contribution is -0.127. The first-order valence-electron chi connectivity index (χ1n) is 9.65. The van der Waals surface area contributed by atoms with Crippen LogP contribution in [0.3, 0.4) is 0 Å². The van der Waals surface area contributed by atoms with Crippen LogP contribution in [-0.2, 0) is 20.7 Å². The summed E-state index contributed by atoms with van der Waals surface area (Å²) in [5.41, 5.74) is 3.76. The highest BCUT2D eigenvalue weighted by molar-refractivity contribution is 6.00. The minimum Gasteiger partial charge on any atom is -0.484 e. The molecule has 0 aromatic heterocycles. The molecule has 0 aliphatic carbocycles. The Bertz CT molecular complexity index is 873. The van der Waals surface area contributed by atoms with E-state index in [0.29, 0.717) is 24.6 Å². The Morgan fingerprint density at radius 3 is 2.79 bits per heavy atom. The van der Waals surface area contributed by atoms with Crippen molar-refractivity contribution in [1.82, 2.24) is 0 Å². The van der Waals surface area contributed by atoms with Crippen LogP contribution in [0.25, 0.3) is 0 Å². The van der Waals surface area contributed by atoms with Crippen molar-refractivity contribution < 1.29 is 19.1 Å². The van der Waals surface area contributed by atoms with E-state index in [1.54, 1.807) is 4.90 Å². The maximum atomic E-state index is 12.7. The first kappa shape index (κ1) is 18.5. The summed E-state index contributed by atoms with van der Waals surface area (Å²) < 4.78 is 11.1. The summed E-state index contributed by atoms with van der Waals surface area (Å²) in [4.78, 5) is 26.7. The van der Waals surface area contributed by atoms with Gasteiger partial charge in [-0.15, -0.1) is 0 Å². The molecule has 146 valence electrons. The Balaban J connectivity index is 1.39. The molecule has 1 atom stereocenters. The van der Waals surface area contributed by atoms with Crippen LogP contribution in [0, 0.1) is 6.92 Å². The van der Waals surface area contributed by atoms with Crippen LogP contribution in [0.15, 0.2) is 42.5 Å². The van der Waals surface area contributed by atoms with E-state index in [0.717, 1.165) is 36.1 Å². The summed E-state index contributed by atoms with van der Waals surface area (Å²) in [6, 6.07) is 13.2. The van der Waals surface area contributed by atoms with Gasteiger partial charge in [-0.3, -0.25) is 9.59 Å². The molecule has 1 fully saturated rings. The summed E-state index contributed by atoms with van der Waals surface area (Å²) in [6.45, 7) is 3.23. The van der Waals surface area contributed by atoms with Crippen molar-refractivity contribution in [3.63, 3.8) is 0 Å². The maximum absolute atomic E-state index is 12.7. The fourth-order valence-corrected chi connectivity index (χ4v) is 3.61. The zero-order chi connectivity index (χ0) is 19.5. The third-order valence-corrected chi connectivity index (χ3v) is 5.13. The van der Waals surface area contributed by atoms with E-state index in [-0.39, 0.29) is 24.5 Å². The van der Waals surface area contributed by atoms with Crippen molar-refractivity contribution in [1.29, 1.82) is 0 Å². The Kier molecular flexibility index (Phi) is 5.30. The molecule has 6 nitrogen and oxygen atoms in total. The van der Waals surface area contributed by atoms with Crippen LogP contribution in [0.2, 0.25) is 0 Å². The number of fused-ring (bicyclic) bond motifs is 1. The molecule has 2 heterocycles. The number of rotatable bonds is 5. The SMILES string of the molecule is Cc1ccc(OCC(=O)Nc2ccc3c(c2)N(C(=O)[C@H]2CCCO2)CC3)cc1. The van der Waals surface area contributed by atoms with Gasteiger partial charge < -0.3 is 19.7 Å². The quantitative estimate of drug-likeness (QED) is 0.866. The van der Waals surface area contributed by atoms with Crippen molar-refractivity contribution >= 4 is 23.2 Å². The Morgan fingerprint density at radius 2 is 2.04 bits per heavy atom. The van der Waals surface area contributed by atoms with Crippen molar-refractivity contribution in [2.45, 2.75) is 32.3 Å². The van der Waals surface area contributed by atoms with E-state index in [1.807, 2.05) is 49.4 Å².